The normalized spacial score (nSPS) is 14.1. The summed E-state index contributed by atoms with van der Waals surface area (Å²) in [5, 5.41) is 5.31. The van der Waals surface area contributed by atoms with Gasteiger partial charge in [-0.1, -0.05) is 18.2 Å². The van der Waals surface area contributed by atoms with Gasteiger partial charge >= 0.3 is 11.8 Å². The highest BCUT2D eigenvalue weighted by Crippen LogP contribution is 2.28. The highest BCUT2D eigenvalue weighted by Gasteiger charge is 2.20. The van der Waals surface area contributed by atoms with Crippen molar-refractivity contribution in [3.63, 3.8) is 0 Å². The summed E-state index contributed by atoms with van der Waals surface area (Å²) in [6.45, 7) is 6.51. The van der Waals surface area contributed by atoms with E-state index in [1.54, 1.807) is 19.2 Å². The van der Waals surface area contributed by atoms with E-state index in [4.69, 9.17) is 9.47 Å². The van der Waals surface area contributed by atoms with E-state index >= 15 is 0 Å². The van der Waals surface area contributed by atoms with Gasteiger partial charge in [-0.05, 0) is 36.8 Å². The Labute approximate surface area is 183 Å². The van der Waals surface area contributed by atoms with E-state index in [1.807, 2.05) is 31.2 Å². The first-order chi connectivity index (χ1) is 15.0. The Bertz CT molecular complexity index is 910. The van der Waals surface area contributed by atoms with Crippen molar-refractivity contribution in [2.45, 2.75) is 6.92 Å². The van der Waals surface area contributed by atoms with Crippen LogP contribution in [0.25, 0.3) is 0 Å². The molecule has 1 aliphatic rings. The number of nitrogens with zero attached hydrogens (tertiary/aromatic N) is 2. The highest BCUT2D eigenvalue weighted by atomic mass is 16.5. The van der Waals surface area contributed by atoms with Crippen LogP contribution in [0.1, 0.15) is 5.56 Å². The van der Waals surface area contributed by atoms with Gasteiger partial charge in [0.15, 0.2) is 0 Å². The topological polar surface area (TPSA) is 83.1 Å². The summed E-state index contributed by atoms with van der Waals surface area (Å²) in [4.78, 5) is 29.0. The Morgan fingerprint density at radius 1 is 0.935 bits per heavy atom. The first-order valence-electron chi connectivity index (χ1n) is 10.4. The molecule has 0 aromatic heterocycles. The van der Waals surface area contributed by atoms with Gasteiger partial charge in [0.05, 0.1) is 25.6 Å². The number of hydrogen-bond acceptors (Lipinski definition) is 6. The lowest BCUT2D eigenvalue weighted by Gasteiger charge is -2.36. The van der Waals surface area contributed by atoms with Gasteiger partial charge in [-0.3, -0.25) is 14.5 Å². The van der Waals surface area contributed by atoms with Crippen molar-refractivity contribution < 1.29 is 19.1 Å². The molecule has 31 heavy (non-hydrogen) atoms. The predicted molar refractivity (Wildman–Crippen MR) is 121 cm³/mol. The van der Waals surface area contributed by atoms with Gasteiger partial charge in [-0.2, -0.15) is 0 Å². The zero-order chi connectivity index (χ0) is 22.2. The van der Waals surface area contributed by atoms with Gasteiger partial charge in [0.2, 0.25) is 0 Å². The van der Waals surface area contributed by atoms with Crippen molar-refractivity contribution in [1.29, 1.82) is 0 Å². The van der Waals surface area contributed by atoms with Crippen molar-refractivity contribution in [3.8, 4) is 11.5 Å². The Morgan fingerprint density at radius 2 is 1.65 bits per heavy atom. The van der Waals surface area contributed by atoms with Crippen molar-refractivity contribution in [2.24, 2.45) is 0 Å². The van der Waals surface area contributed by atoms with E-state index in [9.17, 15) is 9.59 Å². The molecule has 8 heteroatoms. The van der Waals surface area contributed by atoms with Crippen molar-refractivity contribution in [2.75, 3.05) is 63.7 Å². The number of amides is 2. The second-order valence-corrected chi connectivity index (χ2v) is 7.41. The number of hydrogen-bond donors (Lipinski definition) is 2. The Balaban J connectivity index is 1.42. The summed E-state index contributed by atoms with van der Waals surface area (Å²) in [7, 11) is 3.21. The van der Waals surface area contributed by atoms with E-state index in [0.717, 1.165) is 43.2 Å². The molecule has 1 heterocycles. The number of ether oxygens (including phenoxy) is 2. The second-order valence-electron chi connectivity index (χ2n) is 7.41. The summed E-state index contributed by atoms with van der Waals surface area (Å²) < 4.78 is 10.7. The molecule has 3 rings (SSSR count). The summed E-state index contributed by atoms with van der Waals surface area (Å²) in [6, 6.07) is 13.4. The largest absolute Gasteiger partial charge is 0.495 e. The Hall–Kier alpha value is -3.26. The van der Waals surface area contributed by atoms with E-state index in [1.165, 1.54) is 7.11 Å². The van der Waals surface area contributed by atoms with E-state index in [2.05, 4.69) is 26.5 Å². The molecular weight excluding hydrogens is 396 g/mol. The molecule has 1 saturated heterocycles. The molecule has 2 amide bonds. The van der Waals surface area contributed by atoms with Crippen LogP contribution in [-0.4, -0.2) is 70.2 Å². The molecule has 0 saturated carbocycles. The summed E-state index contributed by atoms with van der Waals surface area (Å²) >= 11 is 0. The number of piperazine rings is 1. The number of methoxy groups -OCH3 is 2. The van der Waals surface area contributed by atoms with E-state index in [0.29, 0.717) is 24.5 Å². The zero-order valence-corrected chi connectivity index (χ0v) is 18.3. The molecule has 2 aromatic rings. The first kappa shape index (κ1) is 22.4. The van der Waals surface area contributed by atoms with Crippen LogP contribution in [0.15, 0.2) is 42.5 Å². The number of carbonyl (C=O) groups excluding carboxylic acids is 2. The lowest BCUT2D eigenvalue weighted by Crippen LogP contribution is -2.49. The molecule has 0 atom stereocenters. The number of nitrogens with one attached hydrogen (secondary N) is 2. The van der Waals surface area contributed by atoms with Crippen LogP contribution >= 0.6 is 0 Å². The van der Waals surface area contributed by atoms with Gasteiger partial charge < -0.3 is 25.0 Å². The molecule has 0 aliphatic carbocycles. The van der Waals surface area contributed by atoms with Gasteiger partial charge in [0, 0.05) is 39.3 Å². The molecule has 0 bridgehead atoms. The van der Waals surface area contributed by atoms with Crippen LogP contribution in [0.4, 0.5) is 11.4 Å². The van der Waals surface area contributed by atoms with E-state index < -0.39 is 11.8 Å². The number of para-hydroxylation sites is 2. The maximum atomic E-state index is 12.2. The quantitative estimate of drug-likeness (QED) is 0.658. The molecule has 2 N–H and O–H groups in total. The number of rotatable bonds is 7. The molecule has 0 radical (unpaired) electrons. The minimum Gasteiger partial charge on any atom is -0.495 e. The highest BCUT2D eigenvalue weighted by molar-refractivity contribution is 6.39. The average molecular weight is 427 g/mol. The zero-order valence-electron chi connectivity index (χ0n) is 18.3. The number of carbonyl (C=O) groups is 2. The fourth-order valence-corrected chi connectivity index (χ4v) is 3.61. The minimum atomic E-state index is -0.704. The maximum absolute atomic E-state index is 12.2. The number of anilines is 2. The minimum absolute atomic E-state index is 0.409. The Kier molecular flexibility index (Phi) is 7.72. The fourth-order valence-electron chi connectivity index (χ4n) is 3.61. The third kappa shape index (κ3) is 5.88. The lowest BCUT2D eigenvalue weighted by atomic mass is 10.2. The summed E-state index contributed by atoms with van der Waals surface area (Å²) in [5.41, 5.74) is 2.54. The summed E-state index contributed by atoms with van der Waals surface area (Å²) in [5.74, 6) is 0.0280. The molecule has 1 fully saturated rings. The molecular formula is C23H30N4O4. The van der Waals surface area contributed by atoms with Gasteiger partial charge in [0.25, 0.3) is 0 Å². The molecule has 166 valence electrons. The molecule has 0 spiro atoms. The second kappa shape index (κ2) is 10.7. The van der Waals surface area contributed by atoms with Gasteiger partial charge in [0.1, 0.15) is 11.5 Å². The molecule has 8 nitrogen and oxygen atoms in total. The van der Waals surface area contributed by atoms with Crippen LogP contribution in [0.5, 0.6) is 11.5 Å². The van der Waals surface area contributed by atoms with Gasteiger partial charge in [-0.25, -0.2) is 0 Å². The van der Waals surface area contributed by atoms with E-state index in [-0.39, 0.29) is 0 Å². The molecule has 2 aromatic carbocycles. The SMILES string of the molecule is COc1ccc(C)cc1NC(=O)C(=O)NCCN1CCN(c2ccccc2OC)CC1. The fraction of sp³-hybridized carbons (Fsp3) is 0.391. The number of aryl methyl sites for hydroxylation is 1. The average Bonchev–Trinajstić information content (AvgIpc) is 2.79. The molecule has 1 aliphatic heterocycles. The van der Waals surface area contributed by atoms with Crippen LogP contribution in [0.2, 0.25) is 0 Å². The van der Waals surface area contributed by atoms with Crippen LogP contribution < -0.4 is 25.0 Å². The monoisotopic (exact) mass is 426 g/mol. The third-order valence-corrected chi connectivity index (χ3v) is 5.32. The van der Waals surface area contributed by atoms with Crippen molar-refractivity contribution in [3.05, 3.63) is 48.0 Å². The number of benzene rings is 2. The van der Waals surface area contributed by atoms with Crippen LogP contribution in [0, 0.1) is 6.92 Å². The predicted octanol–water partition coefficient (Wildman–Crippen LogP) is 1.89. The van der Waals surface area contributed by atoms with Crippen LogP contribution in [0.3, 0.4) is 0 Å². The van der Waals surface area contributed by atoms with Gasteiger partial charge in [-0.15, -0.1) is 0 Å². The standard InChI is InChI=1S/C23H30N4O4/c1-17-8-9-20(30-2)18(16-17)25-23(29)22(28)24-10-11-26-12-14-27(15-13-26)19-6-4-5-7-21(19)31-3/h4-9,16H,10-15H2,1-3H3,(H,24,28)(H,25,29). The molecule has 0 unspecified atom stereocenters. The lowest BCUT2D eigenvalue weighted by molar-refractivity contribution is -0.136. The first-order valence-corrected chi connectivity index (χ1v) is 10.4. The Morgan fingerprint density at radius 3 is 2.35 bits per heavy atom. The smallest absolute Gasteiger partial charge is 0.313 e. The summed E-state index contributed by atoms with van der Waals surface area (Å²) in [6.07, 6.45) is 0. The van der Waals surface area contributed by atoms with Crippen LogP contribution in [-0.2, 0) is 9.59 Å². The third-order valence-electron chi connectivity index (χ3n) is 5.32. The van der Waals surface area contributed by atoms with Crippen molar-refractivity contribution >= 4 is 23.2 Å². The van der Waals surface area contributed by atoms with Crippen molar-refractivity contribution in [1.82, 2.24) is 10.2 Å². The maximum Gasteiger partial charge on any atom is 0.313 e.